The number of piperidine rings is 1. The molecule has 1 fully saturated rings. The van der Waals surface area contributed by atoms with Crippen molar-refractivity contribution in [1.82, 2.24) is 9.88 Å². The van der Waals surface area contributed by atoms with Crippen molar-refractivity contribution in [1.29, 1.82) is 0 Å². The first-order chi connectivity index (χ1) is 11.3. The van der Waals surface area contributed by atoms with Crippen LogP contribution in [0.25, 0.3) is 10.2 Å². The van der Waals surface area contributed by atoms with Crippen molar-refractivity contribution in [2.75, 3.05) is 13.1 Å². The van der Waals surface area contributed by atoms with Gasteiger partial charge in [-0.25, -0.2) is 4.98 Å². The summed E-state index contributed by atoms with van der Waals surface area (Å²) in [5.41, 5.74) is 0.984. The number of amides is 1. The van der Waals surface area contributed by atoms with E-state index in [1.54, 1.807) is 11.3 Å². The molecule has 1 aliphatic rings. The number of fused-ring (bicyclic) bond motifs is 1. The second-order valence-corrected chi connectivity index (χ2v) is 7.48. The fourth-order valence-electron chi connectivity index (χ4n) is 2.78. The minimum absolute atomic E-state index is 0.137. The van der Waals surface area contributed by atoms with Gasteiger partial charge in [-0.1, -0.05) is 29.5 Å². The Morgan fingerprint density at radius 3 is 2.74 bits per heavy atom. The van der Waals surface area contributed by atoms with E-state index in [2.05, 4.69) is 11.1 Å². The molecule has 1 amide bonds. The molecular weight excluding hydrogens is 328 g/mol. The lowest BCUT2D eigenvalue weighted by molar-refractivity contribution is 0.0600. The highest BCUT2D eigenvalue weighted by Gasteiger charge is 2.25. The first-order valence-corrected chi connectivity index (χ1v) is 9.34. The van der Waals surface area contributed by atoms with Gasteiger partial charge >= 0.3 is 0 Å². The van der Waals surface area contributed by atoms with Crippen LogP contribution in [0.4, 0.5) is 0 Å². The molecule has 1 aromatic carbocycles. The third kappa shape index (κ3) is 3.09. The Balaban J connectivity index is 1.37. The van der Waals surface area contributed by atoms with Crippen molar-refractivity contribution in [2.24, 2.45) is 0 Å². The normalized spacial score (nSPS) is 15.9. The number of thiazole rings is 1. The van der Waals surface area contributed by atoms with E-state index >= 15 is 0 Å². The quantitative estimate of drug-likeness (QED) is 0.720. The van der Waals surface area contributed by atoms with Crippen molar-refractivity contribution in [3.8, 4) is 5.19 Å². The summed E-state index contributed by atoms with van der Waals surface area (Å²) in [5, 5.41) is 2.67. The number of hydrogen-bond acceptors (Lipinski definition) is 5. The molecule has 4 nitrogen and oxygen atoms in total. The van der Waals surface area contributed by atoms with E-state index in [9.17, 15) is 4.79 Å². The fourth-order valence-corrected chi connectivity index (χ4v) is 4.35. The van der Waals surface area contributed by atoms with Crippen LogP contribution in [0.5, 0.6) is 5.19 Å². The van der Waals surface area contributed by atoms with Gasteiger partial charge in [-0.3, -0.25) is 4.79 Å². The number of ether oxygens (including phenoxy) is 1. The molecule has 3 aromatic rings. The van der Waals surface area contributed by atoms with Crippen LogP contribution in [-0.4, -0.2) is 35.0 Å². The molecule has 23 heavy (non-hydrogen) atoms. The van der Waals surface area contributed by atoms with Gasteiger partial charge in [0, 0.05) is 25.9 Å². The maximum Gasteiger partial charge on any atom is 0.274 e. The van der Waals surface area contributed by atoms with Crippen LogP contribution in [-0.2, 0) is 0 Å². The molecular formula is C17H16N2O2S2. The van der Waals surface area contributed by atoms with Crippen LogP contribution >= 0.6 is 22.7 Å². The van der Waals surface area contributed by atoms with Gasteiger partial charge in [0.1, 0.15) is 6.10 Å². The summed E-state index contributed by atoms with van der Waals surface area (Å²) in [5.74, 6) is 0.137. The summed E-state index contributed by atoms with van der Waals surface area (Å²) in [6, 6.07) is 11.9. The summed E-state index contributed by atoms with van der Waals surface area (Å²) < 4.78 is 7.18. The van der Waals surface area contributed by atoms with E-state index in [4.69, 9.17) is 4.74 Å². The Bertz CT molecular complexity index is 772. The van der Waals surface area contributed by atoms with Crippen molar-refractivity contribution in [3.63, 3.8) is 0 Å². The lowest BCUT2D eigenvalue weighted by Gasteiger charge is -2.31. The summed E-state index contributed by atoms with van der Waals surface area (Å²) in [6.45, 7) is 1.48. The Morgan fingerprint density at radius 2 is 2.00 bits per heavy atom. The standard InChI is InChI=1S/C17H16N2O2S2/c20-16(15-6-3-11-22-15)19-9-7-12(8-10-19)21-17-18-13-4-1-2-5-14(13)23-17/h1-6,11-12H,7-10H2. The van der Waals surface area contributed by atoms with Gasteiger partial charge in [0.2, 0.25) is 0 Å². The number of para-hydroxylation sites is 1. The molecule has 1 aliphatic heterocycles. The fraction of sp³-hybridized carbons (Fsp3) is 0.294. The summed E-state index contributed by atoms with van der Waals surface area (Å²) >= 11 is 3.08. The van der Waals surface area contributed by atoms with E-state index < -0.39 is 0 Å². The Labute approximate surface area is 142 Å². The molecule has 4 rings (SSSR count). The van der Waals surface area contributed by atoms with Gasteiger partial charge in [0.05, 0.1) is 15.1 Å². The molecule has 1 saturated heterocycles. The molecule has 6 heteroatoms. The molecule has 0 unspecified atom stereocenters. The zero-order chi connectivity index (χ0) is 15.6. The lowest BCUT2D eigenvalue weighted by atomic mass is 10.1. The topological polar surface area (TPSA) is 42.4 Å². The van der Waals surface area contributed by atoms with Crippen LogP contribution in [0, 0.1) is 0 Å². The van der Waals surface area contributed by atoms with Gasteiger partial charge < -0.3 is 9.64 Å². The molecule has 0 saturated carbocycles. The number of rotatable bonds is 3. The van der Waals surface area contributed by atoms with Gasteiger partial charge in [-0.15, -0.1) is 11.3 Å². The second kappa shape index (κ2) is 6.29. The molecule has 0 radical (unpaired) electrons. The predicted octanol–water partition coefficient (Wildman–Crippen LogP) is 4.04. The Kier molecular flexibility index (Phi) is 4.01. The number of hydrogen-bond donors (Lipinski definition) is 0. The van der Waals surface area contributed by atoms with Crippen LogP contribution in [0.3, 0.4) is 0 Å². The van der Waals surface area contributed by atoms with Crippen molar-refractivity contribution < 1.29 is 9.53 Å². The smallest absolute Gasteiger partial charge is 0.274 e. The average molecular weight is 344 g/mol. The number of nitrogens with zero attached hydrogens (tertiary/aromatic N) is 2. The maximum atomic E-state index is 12.3. The summed E-state index contributed by atoms with van der Waals surface area (Å²) in [7, 11) is 0. The van der Waals surface area contributed by atoms with Gasteiger partial charge in [-0.2, -0.15) is 0 Å². The molecule has 0 N–H and O–H groups in total. The van der Waals surface area contributed by atoms with Crippen LogP contribution in [0.15, 0.2) is 41.8 Å². The Morgan fingerprint density at radius 1 is 1.17 bits per heavy atom. The van der Waals surface area contributed by atoms with E-state index in [1.807, 2.05) is 40.6 Å². The molecule has 0 aliphatic carbocycles. The van der Waals surface area contributed by atoms with Crippen LogP contribution in [0.1, 0.15) is 22.5 Å². The zero-order valence-electron chi connectivity index (χ0n) is 12.5. The van der Waals surface area contributed by atoms with E-state index in [1.165, 1.54) is 11.3 Å². The average Bonchev–Trinajstić information content (AvgIpc) is 3.24. The second-order valence-electron chi connectivity index (χ2n) is 5.53. The SMILES string of the molecule is O=C(c1cccs1)N1CCC(Oc2nc3ccccc3s2)CC1. The van der Waals surface area contributed by atoms with Gasteiger partial charge in [0.25, 0.3) is 11.1 Å². The minimum Gasteiger partial charge on any atom is -0.467 e. The largest absolute Gasteiger partial charge is 0.467 e. The number of benzene rings is 1. The summed E-state index contributed by atoms with van der Waals surface area (Å²) in [4.78, 5) is 19.6. The molecule has 0 spiro atoms. The van der Waals surface area contributed by atoms with Crippen molar-refractivity contribution in [3.05, 3.63) is 46.7 Å². The molecule has 3 heterocycles. The molecule has 0 atom stereocenters. The van der Waals surface area contributed by atoms with E-state index in [0.717, 1.165) is 46.2 Å². The Hall–Kier alpha value is -1.92. The lowest BCUT2D eigenvalue weighted by Crippen LogP contribution is -2.41. The van der Waals surface area contributed by atoms with Gasteiger partial charge in [0.15, 0.2) is 0 Å². The molecule has 0 bridgehead atoms. The van der Waals surface area contributed by atoms with Gasteiger partial charge in [-0.05, 0) is 23.6 Å². The number of carbonyl (C=O) groups is 1. The highest BCUT2D eigenvalue weighted by atomic mass is 32.1. The maximum absolute atomic E-state index is 12.3. The predicted molar refractivity (Wildman–Crippen MR) is 93.5 cm³/mol. The molecule has 118 valence electrons. The van der Waals surface area contributed by atoms with E-state index in [0.29, 0.717) is 0 Å². The first kappa shape index (κ1) is 14.7. The van der Waals surface area contributed by atoms with Crippen molar-refractivity contribution >= 4 is 38.8 Å². The highest BCUT2D eigenvalue weighted by molar-refractivity contribution is 7.20. The van der Waals surface area contributed by atoms with E-state index in [-0.39, 0.29) is 12.0 Å². The monoisotopic (exact) mass is 344 g/mol. The van der Waals surface area contributed by atoms with Crippen LogP contribution in [0.2, 0.25) is 0 Å². The number of aromatic nitrogens is 1. The van der Waals surface area contributed by atoms with Crippen LogP contribution < -0.4 is 4.74 Å². The third-order valence-electron chi connectivity index (χ3n) is 4.00. The third-order valence-corrected chi connectivity index (χ3v) is 5.79. The highest BCUT2D eigenvalue weighted by Crippen LogP contribution is 2.29. The molecule has 2 aromatic heterocycles. The number of thiophene rings is 1. The van der Waals surface area contributed by atoms with Crippen molar-refractivity contribution in [2.45, 2.75) is 18.9 Å². The summed E-state index contributed by atoms with van der Waals surface area (Å²) in [6.07, 6.45) is 1.85. The zero-order valence-corrected chi connectivity index (χ0v) is 14.1. The minimum atomic E-state index is 0.137. The number of carbonyl (C=O) groups excluding carboxylic acids is 1. The first-order valence-electron chi connectivity index (χ1n) is 7.64. The number of likely N-dealkylation sites (tertiary alicyclic amines) is 1.